The lowest BCUT2D eigenvalue weighted by atomic mass is 9.62. The molecule has 2 aromatic carbocycles. The van der Waals surface area contributed by atoms with E-state index in [2.05, 4.69) is 58.1 Å². The Labute approximate surface area is 207 Å². The minimum Gasteiger partial charge on any atom is -0.494 e. The number of anilines is 1. The number of nitrogens with one attached hydrogen (secondary N) is 1. The van der Waals surface area contributed by atoms with E-state index in [-0.39, 0.29) is 16.7 Å². The molecule has 1 N–H and O–H groups in total. The maximum absolute atomic E-state index is 13.0. The highest BCUT2D eigenvalue weighted by Gasteiger charge is 2.37. The van der Waals surface area contributed by atoms with E-state index >= 15 is 0 Å². The van der Waals surface area contributed by atoms with Crippen molar-refractivity contribution in [1.29, 1.82) is 0 Å². The predicted molar refractivity (Wildman–Crippen MR) is 141 cm³/mol. The van der Waals surface area contributed by atoms with Gasteiger partial charge in [-0.05, 0) is 77.1 Å². The molecule has 0 aliphatic heterocycles. The number of thiophene rings is 1. The van der Waals surface area contributed by atoms with Crippen molar-refractivity contribution < 1.29 is 14.3 Å². The average Bonchev–Trinajstić information content (AvgIpc) is 3.27. The van der Waals surface area contributed by atoms with Crippen LogP contribution in [0, 0.1) is 6.92 Å². The van der Waals surface area contributed by atoms with Crippen LogP contribution >= 0.6 is 11.3 Å². The van der Waals surface area contributed by atoms with E-state index in [0.29, 0.717) is 22.1 Å². The lowest BCUT2D eigenvalue weighted by Crippen LogP contribution is -2.34. The molecule has 1 aliphatic carbocycles. The molecule has 0 saturated heterocycles. The van der Waals surface area contributed by atoms with E-state index in [1.54, 1.807) is 26.4 Å². The summed E-state index contributed by atoms with van der Waals surface area (Å²) in [5, 5.41) is 2.97. The number of aryl methyl sites for hydroxylation is 1. The van der Waals surface area contributed by atoms with Gasteiger partial charge in [-0.1, -0.05) is 45.9 Å². The van der Waals surface area contributed by atoms with Gasteiger partial charge < -0.3 is 14.8 Å². The van der Waals surface area contributed by atoms with E-state index in [4.69, 9.17) is 9.47 Å². The molecular formula is C29H35NO3S. The SMILES string of the molecule is COc1cccc(OC)c1NC(=O)c1ccc(Cc2cc3c(cc2C)C(C)(C)CCC3(C)C)s1. The highest BCUT2D eigenvalue weighted by atomic mass is 32.1. The van der Waals surface area contributed by atoms with Gasteiger partial charge in [0.25, 0.3) is 5.91 Å². The van der Waals surface area contributed by atoms with E-state index in [9.17, 15) is 4.79 Å². The van der Waals surface area contributed by atoms with Crippen LogP contribution in [0.1, 0.15) is 77.3 Å². The molecule has 34 heavy (non-hydrogen) atoms. The number of hydrogen-bond donors (Lipinski definition) is 1. The summed E-state index contributed by atoms with van der Waals surface area (Å²) in [7, 11) is 3.16. The van der Waals surface area contributed by atoms with Crippen LogP contribution in [-0.4, -0.2) is 20.1 Å². The molecule has 5 heteroatoms. The van der Waals surface area contributed by atoms with Crippen LogP contribution in [-0.2, 0) is 17.3 Å². The first-order valence-electron chi connectivity index (χ1n) is 11.8. The number of benzene rings is 2. The summed E-state index contributed by atoms with van der Waals surface area (Å²) in [5.74, 6) is 0.975. The molecule has 0 spiro atoms. The Kier molecular flexibility index (Phi) is 6.52. The first kappa shape index (κ1) is 24.3. The quantitative estimate of drug-likeness (QED) is 0.406. The Morgan fingerprint density at radius 1 is 0.941 bits per heavy atom. The van der Waals surface area contributed by atoms with E-state index in [1.165, 1.54) is 51.3 Å². The summed E-state index contributed by atoms with van der Waals surface area (Å²) >= 11 is 1.53. The Balaban J connectivity index is 1.58. The van der Waals surface area contributed by atoms with Crippen molar-refractivity contribution in [2.45, 2.75) is 64.7 Å². The van der Waals surface area contributed by atoms with Gasteiger partial charge in [0.2, 0.25) is 0 Å². The zero-order valence-electron chi connectivity index (χ0n) is 21.3. The first-order chi connectivity index (χ1) is 16.1. The van der Waals surface area contributed by atoms with Crippen LogP contribution in [0.15, 0.2) is 42.5 Å². The molecule has 0 atom stereocenters. The number of hydrogen-bond acceptors (Lipinski definition) is 4. The van der Waals surface area contributed by atoms with Crippen molar-refractivity contribution in [2.24, 2.45) is 0 Å². The highest BCUT2D eigenvalue weighted by Crippen LogP contribution is 2.46. The summed E-state index contributed by atoms with van der Waals surface area (Å²) in [6.07, 6.45) is 3.24. The summed E-state index contributed by atoms with van der Waals surface area (Å²) in [4.78, 5) is 14.9. The standard InChI is InChI=1S/C29H35NO3S/c1-18-15-21-22(29(4,5)14-13-28(21,2)3)17-19(18)16-20-11-12-25(34-20)27(31)30-26-23(32-6)9-8-10-24(26)33-7/h8-12,15,17H,13-14,16H2,1-7H3,(H,30,31). The fraction of sp³-hybridized carbons (Fsp3) is 0.414. The maximum Gasteiger partial charge on any atom is 0.265 e. The number of para-hydroxylation sites is 1. The van der Waals surface area contributed by atoms with Crippen molar-refractivity contribution in [3.05, 3.63) is 74.5 Å². The Hall–Kier alpha value is -2.79. The van der Waals surface area contributed by atoms with Crippen molar-refractivity contribution in [3.8, 4) is 11.5 Å². The third-order valence-corrected chi connectivity index (χ3v) is 8.31. The highest BCUT2D eigenvalue weighted by molar-refractivity contribution is 7.14. The molecule has 0 unspecified atom stereocenters. The van der Waals surface area contributed by atoms with Gasteiger partial charge in [-0.15, -0.1) is 11.3 Å². The van der Waals surface area contributed by atoms with Crippen LogP contribution in [0.3, 0.4) is 0 Å². The monoisotopic (exact) mass is 477 g/mol. The minimum absolute atomic E-state index is 0.163. The first-order valence-corrected chi connectivity index (χ1v) is 12.6. The molecule has 4 rings (SSSR count). The Bertz CT molecular complexity index is 1200. The molecular weight excluding hydrogens is 442 g/mol. The number of fused-ring (bicyclic) bond motifs is 1. The Morgan fingerprint density at radius 2 is 1.53 bits per heavy atom. The third-order valence-electron chi connectivity index (χ3n) is 7.23. The van der Waals surface area contributed by atoms with Crippen molar-refractivity contribution in [1.82, 2.24) is 0 Å². The lowest BCUT2D eigenvalue weighted by molar-refractivity contribution is 0.102. The number of carbonyl (C=O) groups excluding carboxylic acids is 1. The number of rotatable bonds is 6. The summed E-state index contributed by atoms with van der Waals surface area (Å²) in [6, 6.07) is 14.2. The van der Waals surface area contributed by atoms with Crippen LogP contribution in [0.2, 0.25) is 0 Å². The second-order valence-electron chi connectivity index (χ2n) is 10.5. The fourth-order valence-electron chi connectivity index (χ4n) is 4.89. The van der Waals surface area contributed by atoms with E-state index in [1.807, 2.05) is 12.1 Å². The summed E-state index contributed by atoms with van der Waals surface area (Å²) in [6.45, 7) is 11.7. The maximum atomic E-state index is 13.0. The van der Waals surface area contributed by atoms with Gasteiger partial charge in [0.1, 0.15) is 17.2 Å². The van der Waals surface area contributed by atoms with Gasteiger partial charge in [-0.2, -0.15) is 0 Å². The second-order valence-corrected chi connectivity index (χ2v) is 11.7. The Morgan fingerprint density at radius 3 is 2.12 bits per heavy atom. The van der Waals surface area contributed by atoms with Crippen molar-refractivity contribution >= 4 is 22.9 Å². The molecule has 180 valence electrons. The molecule has 3 aromatic rings. The normalized spacial score (nSPS) is 16.0. The molecule has 1 heterocycles. The van der Waals surface area contributed by atoms with Gasteiger partial charge in [0.05, 0.1) is 19.1 Å². The molecule has 1 aromatic heterocycles. The second kappa shape index (κ2) is 9.10. The predicted octanol–water partition coefficient (Wildman–Crippen LogP) is 7.27. The third kappa shape index (κ3) is 4.58. The van der Waals surface area contributed by atoms with Crippen LogP contribution < -0.4 is 14.8 Å². The lowest BCUT2D eigenvalue weighted by Gasteiger charge is -2.42. The molecule has 0 radical (unpaired) electrons. The van der Waals surface area contributed by atoms with Crippen molar-refractivity contribution in [3.63, 3.8) is 0 Å². The van der Waals surface area contributed by atoms with Gasteiger partial charge in [-0.25, -0.2) is 0 Å². The molecule has 1 aliphatic rings. The van der Waals surface area contributed by atoms with Crippen LogP contribution in [0.4, 0.5) is 5.69 Å². The largest absolute Gasteiger partial charge is 0.494 e. The number of ether oxygens (including phenoxy) is 2. The average molecular weight is 478 g/mol. The molecule has 1 amide bonds. The van der Waals surface area contributed by atoms with E-state index in [0.717, 1.165) is 6.42 Å². The smallest absolute Gasteiger partial charge is 0.265 e. The molecule has 0 saturated carbocycles. The van der Waals surface area contributed by atoms with Gasteiger partial charge in [0.15, 0.2) is 0 Å². The van der Waals surface area contributed by atoms with Gasteiger partial charge >= 0.3 is 0 Å². The number of carbonyl (C=O) groups is 1. The summed E-state index contributed by atoms with van der Waals surface area (Å²) in [5.41, 5.74) is 6.56. The molecule has 0 fully saturated rings. The van der Waals surface area contributed by atoms with Crippen molar-refractivity contribution in [2.75, 3.05) is 19.5 Å². The number of amides is 1. The molecule has 0 bridgehead atoms. The molecule has 4 nitrogen and oxygen atoms in total. The van der Waals surface area contributed by atoms with Gasteiger partial charge in [0, 0.05) is 11.3 Å². The number of methoxy groups -OCH3 is 2. The minimum atomic E-state index is -0.163. The zero-order chi connectivity index (χ0) is 24.7. The van der Waals surface area contributed by atoms with E-state index < -0.39 is 0 Å². The summed E-state index contributed by atoms with van der Waals surface area (Å²) < 4.78 is 10.8. The topological polar surface area (TPSA) is 47.6 Å². The van der Waals surface area contributed by atoms with Crippen LogP contribution in [0.25, 0.3) is 0 Å². The fourth-order valence-corrected chi connectivity index (χ4v) is 5.82. The van der Waals surface area contributed by atoms with Crippen LogP contribution in [0.5, 0.6) is 11.5 Å². The zero-order valence-corrected chi connectivity index (χ0v) is 22.1. The van der Waals surface area contributed by atoms with Gasteiger partial charge in [-0.3, -0.25) is 4.79 Å².